The van der Waals surface area contributed by atoms with E-state index in [1.807, 2.05) is 43.5 Å². The summed E-state index contributed by atoms with van der Waals surface area (Å²) in [5, 5.41) is 12.4. The molecular weight excluding hydrogens is 590 g/mol. The Morgan fingerprint density at radius 3 is 2.68 bits per heavy atom. The molecule has 13 heteroatoms. The fraction of sp³-hybridized carbons (Fsp3) is 0.286. The number of benzene rings is 1. The summed E-state index contributed by atoms with van der Waals surface area (Å²) in [7, 11) is 0. The second-order valence-electron chi connectivity index (χ2n) is 10.5. The van der Waals surface area contributed by atoms with Crippen molar-refractivity contribution in [1.29, 1.82) is 0 Å². The highest BCUT2D eigenvalue weighted by Gasteiger charge is 2.56. The summed E-state index contributed by atoms with van der Waals surface area (Å²) in [6.07, 6.45) is 6.36. The molecule has 3 atom stereocenters. The molecule has 12 nitrogen and oxygen atoms in total. The van der Waals surface area contributed by atoms with Crippen LogP contribution in [0.4, 0.5) is 5.82 Å². The number of fused-ring (bicyclic) bond motifs is 3. The third-order valence-electron chi connectivity index (χ3n) is 7.69. The standard InChI is InChI=1S/C28H24BrN9O3/c1-14(39)27-19-7-16(17-4-6-25-31-15(2)34-37(25)12-17)3-5-20(19)36(35-27)13-26(40)38-21-8-18(21)9-22(38)28(41)33-24-11-30-10-23(29)32-24/h3-7,10-12,18,21-22H,8-9,13H2,1-2H3,(H,32,33,41)/t18-,21-,22+/m1/s1. The van der Waals surface area contributed by atoms with E-state index in [1.165, 1.54) is 19.3 Å². The zero-order chi connectivity index (χ0) is 28.4. The van der Waals surface area contributed by atoms with Gasteiger partial charge in [-0.15, -0.1) is 0 Å². The molecule has 1 aromatic carbocycles. The predicted molar refractivity (Wildman–Crippen MR) is 152 cm³/mol. The van der Waals surface area contributed by atoms with Gasteiger partial charge in [0.25, 0.3) is 0 Å². The minimum atomic E-state index is -0.608. The smallest absolute Gasteiger partial charge is 0.248 e. The molecule has 5 heterocycles. The molecule has 2 fully saturated rings. The van der Waals surface area contributed by atoms with Crippen LogP contribution in [0.3, 0.4) is 0 Å². The van der Waals surface area contributed by atoms with Gasteiger partial charge < -0.3 is 10.2 Å². The van der Waals surface area contributed by atoms with Gasteiger partial charge in [0.15, 0.2) is 17.2 Å². The van der Waals surface area contributed by atoms with E-state index in [1.54, 1.807) is 14.1 Å². The van der Waals surface area contributed by atoms with E-state index in [0.29, 0.717) is 45.2 Å². The quantitative estimate of drug-likeness (QED) is 0.287. The van der Waals surface area contributed by atoms with E-state index in [-0.39, 0.29) is 30.2 Å². The van der Waals surface area contributed by atoms with Crippen molar-refractivity contribution >= 4 is 55.9 Å². The van der Waals surface area contributed by atoms with Crippen LogP contribution in [0.15, 0.2) is 53.5 Å². The molecule has 7 rings (SSSR count). The number of aromatic nitrogens is 7. The van der Waals surface area contributed by atoms with E-state index < -0.39 is 6.04 Å². The van der Waals surface area contributed by atoms with Crippen LogP contribution in [0.25, 0.3) is 27.7 Å². The molecule has 1 saturated carbocycles. The lowest BCUT2D eigenvalue weighted by Crippen LogP contribution is -2.46. The third-order valence-corrected chi connectivity index (χ3v) is 8.07. The number of hydrogen-bond acceptors (Lipinski definition) is 8. The number of rotatable bonds is 6. The van der Waals surface area contributed by atoms with Gasteiger partial charge in [-0.05, 0) is 71.4 Å². The maximum atomic E-state index is 13.7. The number of nitrogens with zero attached hydrogens (tertiary/aromatic N) is 8. The van der Waals surface area contributed by atoms with Crippen molar-refractivity contribution in [2.24, 2.45) is 5.92 Å². The summed E-state index contributed by atoms with van der Waals surface area (Å²) in [5.74, 6) is 0.591. The van der Waals surface area contributed by atoms with Gasteiger partial charge in [0.1, 0.15) is 28.7 Å². The van der Waals surface area contributed by atoms with Crippen LogP contribution in [0.1, 0.15) is 36.1 Å². The van der Waals surface area contributed by atoms with Gasteiger partial charge in [0.05, 0.1) is 17.9 Å². The van der Waals surface area contributed by atoms with Crippen LogP contribution in [0.2, 0.25) is 0 Å². The molecule has 2 amide bonds. The number of ketones is 1. The van der Waals surface area contributed by atoms with Crippen molar-refractivity contribution < 1.29 is 14.4 Å². The molecular formula is C28H24BrN9O3. The molecule has 4 aromatic heterocycles. The van der Waals surface area contributed by atoms with E-state index in [0.717, 1.165) is 23.2 Å². The number of hydrogen-bond donors (Lipinski definition) is 1. The third kappa shape index (κ3) is 4.55. The topological polar surface area (TPSA) is 140 Å². The van der Waals surface area contributed by atoms with Gasteiger partial charge in [0.2, 0.25) is 11.8 Å². The Balaban J connectivity index is 1.17. The van der Waals surface area contributed by atoms with Crippen LogP contribution < -0.4 is 5.32 Å². The van der Waals surface area contributed by atoms with E-state index >= 15 is 0 Å². The van der Waals surface area contributed by atoms with Gasteiger partial charge in [-0.25, -0.2) is 14.5 Å². The fourth-order valence-electron chi connectivity index (χ4n) is 5.78. The van der Waals surface area contributed by atoms with Gasteiger partial charge in [-0.3, -0.25) is 24.0 Å². The second-order valence-corrected chi connectivity index (χ2v) is 11.3. The van der Waals surface area contributed by atoms with Crippen LogP contribution in [0.5, 0.6) is 0 Å². The molecule has 5 aromatic rings. The first-order valence-electron chi connectivity index (χ1n) is 13.2. The van der Waals surface area contributed by atoms with Gasteiger partial charge in [-0.1, -0.05) is 6.07 Å². The number of halogens is 1. The number of nitrogens with one attached hydrogen (secondary N) is 1. The van der Waals surface area contributed by atoms with Crippen LogP contribution >= 0.6 is 15.9 Å². The van der Waals surface area contributed by atoms with Crippen molar-refractivity contribution in [1.82, 2.24) is 39.2 Å². The first-order chi connectivity index (χ1) is 19.7. The van der Waals surface area contributed by atoms with E-state index in [9.17, 15) is 14.4 Å². The average molecular weight is 614 g/mol. The molecule has 2 aliphatic rings. The minimum absolute atomic E-state index is 0.0305. The Kier molecular flexibility index (Phi) is 5.92. The lowest BCUT2D eigenvalue weighted by atomic mass is 10.0. The Morgan fingerprint density at radius 2 is 1.88 bits per heavy atom. The summed E-state index contributed by atoms with van der Waals surface area (Å²) in [5.41, 5.74) is 3.50. The van der Waals surface area contributed by atoms with Crippen LogP contribution in [-0.2, 0) is 16.1 Å². The molecule has 1 aliphatic carbocycles. The summed E-state index contributed by atoms with van der Waals surface area (Å²) in [6.45, 7) is 3.22. The highest BCUT2D eigenvalue weighted by Crippen LogP contribution is 2.48. The molecule has 41 heavy (non-hydrogen) atoms. The molecule has 1 aliphatic heterocycles. The number of anilines is 1. The maximum absolute atomic E-state index is 13.7. The number of carbonyl (C=O) groups excluding carboxylic acids is 3. The summed E-state index contributed by atoms with van der Waals surface area (Å²) < 4.78 is 3.79. The van der Waals surface area contributed by atoms with E-state index in [4.69, 9.17) is 0 Å². The number of carbonyl (C=O) groups is 3. The summed E-state index contributed by atoms with van der Waals surface area (Å²) in [6, 6.07) is 8.98. The number of piperidine rings is 1. The predicted octanol–water partition coefficient (Wildman–Crippen LogP) is 3.44. The zero-order valence-corrected chi connectivity index (χ0v) is 23.7. The second kappa shape index (κ2) is 9.54. The number of pyridine rings is 1. The van der Waals surface area contributed by atoms with Crippen molar-refractivity contribution in [3.63, 3.8) is 0 Å². The Morgan fingerprint density at radius 1 is 1.05 bits per heavy atom. The molecule has 206 valence electrons. The fourth-order valence-corrected chi connectivity index (χ4v) is 6.08. The largest absolute Gasteiger partial charge is 0.326 e. The van der Waals surface area contributed by atoms with Crippen LogP contribution in [-0.4, -0.2) is 68.9 Å². The molecule has 0 unspecified atom stereocenters. The highest BCUT2D eigenvalue weighted by atomic mass is 79.9. The minimum Gasteiger partial charge on any atom is -0.326 e. The Labute approximate surface area is 241 Å². The zero-order valence-electron chi connectivity index (χ0n) is 22.2. The molecule has 1 N–H and O–H groups in total. The molecule has 0 radical (unpaired) electrons. The van der Waals surface area contributed by atoms with Gasteiger partial charge in [0, 0.05) is 30.1 Å². The molecule has 0 spiro atoms. The number of amides is 2. The van der Waals surface area contributed by atoms with Crippen molar-refractivity contribution in [2.75, 3.05) is 5.32 Å². The SMILES string of the molecule is CC(=O)c1nn(CC(=O)N2[C@@H]3C[C@@H]3C[C@H]2C(=O)Nc2cncc(Br)n2)c2ccc(-c3ccc4nc(C)nn4c3)cc12. The lowest BCUT2D eigenvalue weighted by molar-refractivity contribution is -0.138. The van der Waals surface area contributed by atoms with E-state index in [2.05, 4.69) is 46.4 Å². The van der Waals surface area contributed by atoms with Gasteiger partial charge >= 0.3 is 0 Å². The average Bonchev–Trinajstić information content (AvgIpc) is 3.25. The number of Topliss-reactive ketones (excluding diaryl/α,β-unsaturated/α-hetero) is 1. The summed E-state index contributed by atoms with van der Waals surface area (Å²) in [4.78, 5) is 53.7. The van der Waals surface area contributed by atoms with Crippen LogP contribution in [0, 0.1) is 12.8 Å². The Bertz CT molecular complexity index is 1900. The van der Waals surface area contributed by atoms with Crippen molar-refractivity contribution in [2.45, 2.75) is 45.3 Å². The number of aryl methyl sites for hydroxylation is 1. The normalized spacial score (nSPS) is 19.5. The monoisotopic (exact) mass is 613 g/mol. The number of likely N-dealkylation sites (tertiary alicyclic amines) is 1. The first-order valence-corrected chi connectivity index (χ1v) is 14.0. The summed E-state index contributed by atoms with van der Waals surface area (Å²) >= 11 is 3.25. The maximum Gasteiger partial charge on any atom is 0.248 e. The van der Waals surface area contributed by atoms with Crippen molar-refractivity contribution in [3.05, 3.63) is 65.0 Å². The Hall–Kier alpha value is -4.52. The lowest BCUT2D eigenvalue weighted by Gasteiger charge is -2.26. The highest BCUT2D eigenvalue weighted by molar-refractivity contribution is 9.10. The molecule has 1 saturated heterocycles. The van der Waals surface area contributed by atoms with Gasteiger partial charge in [-0.2, -0.15) is 10.2 Å². The first kappa shape index (κ1) is 25.4. The molecule has 0 bridgehead atoms. The van der Waals surface area contributed by atoms with Crippen molar-refractivity contribution in [3.8, 4) is 11.1 Å².